The van der Waals surface area contributed by atoms with Gasteiger partial charge in [-0.1, -0.05) is 13.0 Å². The Balaban J connectivity index is 2.12. The summed E-state index contributed by atoms with van der Waals surface area (Å²) in [5, 5.41) is 16.8. The Labute approximate surface area is 131 Å². The maximum Gasteiger partial charge on any atom is 0.123 e. The van der Waals surface area contributed by atoms with Crippen LogP contribution in [0.25, 0.3) is 0 Å². The lowest BCUT2D eigenvalue weighted by atomic mass is 10.0. The van der Waals surface area contributed by atoms with Crippen LogP contribution in [0.2, 0.25) is 0 Å². The van der Waals surface area contributed by atoms with Crippen LogP contribution in [0.3, 0.4) is 0 Å². The van der Waals surface area contributed by atoms with Crippen LogP contribution < -0.4 is 10.1 Å². The van der Waals surface area contributed by atoms with E-state index in [4.69, 9.17) is 9.84 Å². The Hall–Kier alpha value is -1.85. The van der Waals surface area contributed by atoms with Gasteiger partial charge in [0.25, 0.3) is 0 Å². The fourth-order valence-corrected chi connectivity index (χ4v) is 2.32. The quantitative estimate of drug-likeness (QED) is 0.785. The minimum Gasteiger partial charge on any atom is -0.496 e. The molecule has 0 aliphatic carbocycles. The third-order valence-corrected chi connectivity index (χ3v) is 3.78. The van der Waals surface area contributed by atoms with E-state index in [0.717, 1.165) is 17.9 Å². The van der Waals surface area contributed by atoms with Gasteiger partial charge in [-0.3, -0.25) is 4.68 Å². The lowest BCUT2D eigenvalue weighted by molar-refractivity contribution is 0.231. The number of benzene rings is 1. The second-order valence-electron chi connectivity index (χ2n) is 5.69. The maximum absolute atomic E-state index is 9.11. The van der Waals surface area contributed by atoms with E-state index < -0.39 is 0 Å². The van der Waals surface area contributed by atoms with E-state index in [-0.39, 0.29) is 18.6 Å². The minimum absolute atomic E-state index is 0.201. The van der Waals surface area contributed by atoms with Crippen molar-refractivity contribution in [2.45, 2.75) is 26.4 Å². The molecule has 0 bridgehead atoms. The molecule has 1 heterocycles. The van der Waals surface area contributed by atoms with Crippen molar-refractivity contribution in [1.82, 2.24) is 15.1 Å². The largest absolute Gasteiger partial charge is 0.496 e. The van der Waals surface area contributed by atoms with Crippen molar-refractivity contribution in [3.05, 3.63) is 47.8 Å². The van der Waals surface area contributed by atoms with Gasteiger partial charge >= 0.3 is 0 Å². The molecule has 2 N–H and O–H groups in total. The zero-order valence-electron chi connectivity index (χ0n) is 13.5. The third kappa shape index (κ3) is 4.32. The van der Waals surface area contributed by atoms with E-state index in [0.29, 0.717) is 6.54 Å². The van der Waals surface area contributed by atoms with Gasteiger partial charge in [-0.2, -0.15) is 5.10 Å². The highest BCUT2D eigenvalue weighted by molar-refractivity contribution is 5.38. The summed E-state index contributed by atoms with van der Waals surface area (Å²) < 4.78 is 7.33. The topological polar surface area (TPSA) is 59.3 Å². The fraction of sp³-hybridized carbons (Fsp3) is 0.471. The minimum atomic E-state index is 0.201. The summed E-state index contributed by atoms with van der Waals surface area (Å²) in [7, 11) is 1.69. The van der Waals surface area contributed by atoms with Crippen LogP contribution in [0, 0.1) is 5.92 Å². The Morgan fingerprint density at radius 1 is 1.36 bits per heavy atom. The summed E-state index contributed by atoms with van der Waals surface area (Å²) in [5.41, 5.74) is 2.31. The number of nitrogens with one attached hydrogen (secondary N) is 1. The highest BCUT2D eigenvalue weighted by atomic mass is 16.5. The summed E-state index contributed by atoms with van der Waals surface area (Å²) >= 11 is 0. The summed E-state index contributed by atoms with van der Waals surface area (Å²) in [5.74, 6) is 1.12. The van der Waals surface area contributed by atoms with Crippen molar-refractivity contribution in [3.8, 4) is 5.75 Å². The number of hydrogen-bond donors (Lipinski definition) is 2. The van der Waals surface area contributed by atoms with Gasteiger partial charge in [-0.05, 0) is 36.6 Å². The second kappa shape index (κ2) is 7.96. The van der Waals surface area contributed by atoms with Crippen LogP contribution in [-0.2, 0) is 6.54 Å². The Morgan fingerprint density at radius 3 is 2.82 bits per heavy atom. The molecule has 0 radical (unpaired) electrons. The SMILES string of the molecule is COc1ccc(C(C)NCC(C)CO)cc1Cn1cccn1. The first-order valence-corrected chi connectivity index (χ1v) is 7.62. The van der Waals surface area contributed by atoms with Gasteiger partial charge in [0.05, 0.1) is 13.7 Å². The first kappa shape index (κ1) is 16.5. The lowest BCUT2D eigenvalue weighted by Crippen LogP contribution is -2.26. The molecule has 1 aromatic carbocycles. The van der Waals surface area contributed by atoms with Crippen molar-refractivity contribution >= 4 is 0 Å². The lowest BCUT2D eigenvalue weighted by Gasteiger charge is -2.19. The molecule has 2 aromatic rings. The smallest absolute Gasteiger partial charge is 0.123 e. The number of methoxy groups -OCH3 is 1. The number of rotatable bonds is 8. The Morgan fingerprint density at radius 2 is 2.18 bits per heavy atom. The summed E-state index contributed by atoms with van der Waals surface area (Å²) in [6.07, 6.45) is 3.72. The number of aliphatic hydroxyl groups excluding tert-OH is 1. The van der Waals surface area contributed by atoms with Gasteiger partial charge in [-0.15, -0.1) is 0 Å². The summed E-state index contributed by atoms with van der Waals surface area (Å²) in [4.78, 5) is 0. The molecule has 22 heavy (non-hydrogen) atoms. The third-order valence-electron chi connectivity index (χ3n) is 3.78. The molecular weight excluding hydrogens is 278 g/mol. The van der Waals surface area contributed by atoms with Gasteiger partial charge in [0.1, 0.15) is 5.75 Å². The van der Waals surface area contributed by atoms with Crippen LogP contribution in [0.15, 0.2) is 36.7 Å². The zero-order valence-corrected chi connectivity index (χ0v) is 13.5. The molecule has 0 saturated heterocycles. The molecule has 2 rings (SSSR count). The first-order valence-electron chi connectivity index (χ1n) is 7.62. The van der Waals surface area contributed by atoms with E-state index in [9.17, 15) is 0 Å². The van der Waals surface area contributed by atoms with Crippen molar-refractivity contribution in [3.63, 3.8) is 0 Å². The van der Waals surface area contributed by atoms with Crippen LogP contribution in [0.4, 0.5) is 0 Å². The number of nitrogens with zero attached hydrogens (tertiary/aromatic N) is 2. The maximum atomic E-state index is 9.11. The zero-order chi connectivity index (χ0) is 15.9. The number of ether oxygens (including phenoxy) is 1. The molecule has 1 aromatic heterocycles. The highest BCUT2D eigenvalue weighted by Gasteiger charge is 2.11. The van der Waals surface area contributed by atoms with E-state index >= 15 is 0 Å². The fourth-order valence-electron chi connectivity index (χ4n) is 2.32. The second-order valence-corrected chi connectivity index (χ2v) is 5.69. The van der Waals surface area contributed by atoms with E-state index in [1.807, 2.05) is 29.9 Å². The monoisotopic (exact) mass is 303 g/mol. The molecule has 2 unspecified atom stereocenters. The van der Waals surface area contributed by atoms with Gasteiger partial charge in [0, 0.05) is 37.2 Å². The molecular formula is C17H25N3O2. The van der Waals surface area contributed by atoms with E-state index in [1.54, 1.807) is 13.3 Å². The van der Waals surface area contributed by atoms with Gasteiger partial charge in [-0.25, -0.2) is 0 Å². The molecule has 0 aliphatic rings. The normalized spacial score (nSPS) is 13.8. The summed E-state index contributed by atoms with van der Waals surface area (Å²) in [6.45, 7) is 5.83. The molecule has 5 heteroatoms. The molecule has 0 spiro atoms. The predicted octanol–water partition coefficient (Wildman–Crippen LogP) is 2.22. The van der Waals surface area contributed by atoms with Crippen LogP contribution in [0.1, 0.15) is 31.0 Å². The highest BCUT2D eigenvalue weighted by Crippen LogP contribution is 2.24. The molecule has 0 fully saturated rings. The van der Waals surface area contributed by atoms with Crippen molar-refractivity contribution in [1.29, 1.82) is 0 Å². The average molecular weight is 303 g/mol. The molecule has 5 nitrogen and oxygen atoms in total. The molecule has 0 amide bonds. The number of aliphatic hydroxyl groups is 1. The Kier molecular flexibility index (Phi) is 5.98. The standard InChI is InChI=1S/C17H25N3O2/c1-13(12-21)10-18-14(2)15-5-6-17(22-3)16(9-15)11-20-8-4-7-19-20/h4-9,13-14,18,21H,10-12H2,1-3H3. The van der Waals surface area contributed by atoms with E-state index in [2.05, 4.69) is 29.5 Å². The van der Waals surface area contributed by atoms with Crippen molar-refractivity contribution < 1.29 is 9.84 Å². The van der Waals surface area contributed by atoms with E-state index in [1.165, 1.54) is 5.56 Å². The molecule has 2 atom stereocenters. The first-order chi connectivity index (χ1) is 10.6. The van der Waals surface area contributed by atoms with Crippen LogP contribution >= 0.6 is 0 Å². The molecule has 0 aliphatic heterocycles. The van der Waals surface area contributed by atoms with Gasteiger partial charge in [0.2, 0.25) is 0 Å². The Bertz CT molecular complexity index is 569. The van der Waals surface area contributed by atoms with Crippen LogP contribution in [-0.4, -0.2) is 35.1 Å². The van der Waals surface area contributed by atoms with Gasteiger partial charge in [0.15, 0.2) is 0 Å². The molecule has 0 saturated carbocycles. The van der Waals surface area contributed by atoms with Crippen molar-refractivity contribution in [2.75, 3.05) is 20.3 Å². The molecule has 120 valence electrons. The average Bonchev–Trinajstić information content (AvgIpc) is 3.05. The number of hydrogen-bond acceptors (Lipinski definition) is 4. The van der Waals surface area contributed by atoms with Crippen LogP contribution in [0.5, 0.6) is 5.75 Å². The predicted molar refractivity (Wildman–Crippen MR) is 87.0 cm³/mol. The van der Waals surface area contributed by atoms with Crippen molar-refractivity contribution in [2.24, 2.45) is 5.92 Å². The van der Waals surface area contributed by atoms with Gasteiger partial charge < -0.3 is 15.2 Å². The number of aromatic nitrogens is 2. The summed E-state index contributed by atoms with van der Waals surface area (Å²) in [6, 6.07) is 8.36.